The topological polar surface area (TPSA) is 411 Å². The molecule has 8 aromatic carbocycles. The molecule has 0 atom stereocenters. The van der Waals surface area contributed by atoms with E-state index in [2.05, 4.69) is 103 Å². The second kappa shape index (κ2) is 42.9. The summed E-state index contributed by atoms with van der Waals surface area (Å²) in [5.74, 6) is 5.00. The van der Waals surface area contributed by atoms with Crippen LogP contribution in [-0.2, 0) is 35.0 Å². The molecular weight excluding hydrogens is 1860 g/mol. The number of halogens is 3. The summed E-state index contributed by atoms with van der Waals surface area (Å²) >= 11 is 1.66. The van der Waals surface area contributed by atoms with Gasteiger partial charge in [-0.3, -0.25) is 35.3 Å². The number of hydrogen-bond acceptors (Lipinski definition) is 27. The van der Waals surface area contributed by atoms with Crippen LogP contribution in [0.1, 0.15) is 32.6 Å². The number of amides is 1. The summed E-state index contributed by atoms with van der Waals surface area (Å²) in [5.41, 5.74) is 21.8. The average molecular weight is 1950 g/mol. The van der Waals surface area contributed by atoms with Crippen LogP contribution in [0.2, 0.25) is 0 Å². The van der Waals surface area contributed by atoms with Gasteiger partial charge < -0.3 is 63.1 Å². The van der Waals surface area contributed by atoms with Crippen molar-refractivity contribution in [1.29, 1.82) is 0 Å². The van der Waals surface area contributed by atoms with E-state index in [1.54, 1.807) is 122 Å². The maximum Gasteiger partial charge on any atom is 0.416 e. The van der Waals surface area contributed by atoms with Crippen LogP contribution >= 0.6 is 11.3 Å². The van der Waals surface area contributed by atoms with Crippen molar-refractivity contribution in [3.8, 4) is 164 Å². The van der Waals surface area contributed by atoms with Gasteiger partial charge in [0, 0.05) is 102 Å². The molecule has 8 N–H and O–H groups in total. The van der Waals surface area contributed by atoms with E-state index in [0.29, 0.717) is 125 Å². The van der Waals surface area contributed by atoms with E-state index in [0.717, 1.165) is 141 Å². The van der Waals surface area contributed by atoms with Crippen LogP contribution in [-0.4, -0.2) is 200 Å². The molecule has 32 nitrogen and oxygen atoms in total. The highest BCUT2D eigenvalue weighted by Gasteiger charge is 2.32. The fourth-order valence-electron chi connectivity index (χ4n) is 16.7. The Kier molecular flexibility index (Phi) is 29.2. The average Bonchev–Trinajstić information content (AvgIpc) is 1.62. The quantitative estimate of drug-likeness (QED) is 0.0263. The third-order valence-electron chi connectivity index (χ3n) is 23.3. The minimum atomic E-state index is -4.42. The number of ether oxygens (including phenoxy) is 9. The fraction of sp³-hybridized carbons (Fsp3) is 0.162. The number of carbonyl (C=O) groups is 1. The molecule has 0 aliphatic carbocycles. The van der Waals surface area contributed by atoms with E-state index in [1.807, 2.05) is 171 Å². The van der Waals surface area contributed by atoms with Crippen LogP contribution in [0.15, 0.2) is 260 Å². The van der Waals surface area contributed by atoms with Crippen molar-refractivity contribution < 1.29 is 79.2 Å². The number of aromatic amines is 5. The number of nitrogens with one attached hydrogen (secondary N) is 6. The lowest BCUT2D eigenvalue weighted by atomic mass is 9.97. The Morgan fingerprint density at radius 3 is 1.44 bits per heavy atom. The largest absolute Gasteiger partial charge is 0.493 e. The highest BCUT2D eigenvalue weighted by molar-refractivity contribution is 7.89. The van der Waals surface area contributed by atoms with Gasteiger partial charge in [-0.15, -0.1) is 0 Å². The zero-order valence-electron chi connectivity index (χ0n) is 78.2. The van der Waals surface area contributed by atoms with E-state index >= 15 is 0 Å². The number of hydrogen-bond donors (Lipinski definition) is 8. The summed E-state index contributed by atoms with van der Waals surface area (Å²) in [4.78, 5) is 40.7. The van der Waals surface area contributed by atoms with Gasteiger partial charge in [0.15, 0.2) is 84.1 Å². The van der Waals surface area contributed by atoms with Gasteiger partial charge in [0.25, 0.3) is 5.91 Å². The highest BCUT2D eigenvalue weighted by Crippen LogP contribution is 2.48. The number of aliphatic hydroxyl groups is 2. The standard InChI is InChI=1S/C26H29N5O4.C23H23N3O5S.C20H12F3N3O2.C19H16N4O2.C17H13N3OS/c1-31(2)12-11-28-26(32)17-8-6-7-16(13-17)19-9-10-27-25-22(19)23(29-30-25)18-14-20(33-3)24(35-5)21(15-18)34-4;1-30-19-11-16(10-17(12-27)22(19)31-2)18-7-8-24-23-20(18)21(25-26-23)15-6-4-5-14(9-15)13-32(3,28)29;21-20(22,23)13-3-1-2-11(8-13)14-6-7-24-19-17(14)18(25-26-19)12-4-5-15-16(9-12)28-10-27-15;1-24-15-6-5-12(10-16(15)25-2)14-7-9-21-19-17(14)18(22-23-19)13-4-3-8-20-11-13;21-9-11-3-1-2-4-14(11)16-15-13(12-6-8-22-10-12)5-7-18-17(15)20-19-16/h6-10,13-15H,11-12H2,1-5H3,(H,28,32)(H,27,29,30);4-11,27H,12-13H2,1-3H3,(H,24,25,26);1-9H,10H2,(H,24,25,26);3-11H,1-2H3,(H,21,22,23);1-8,10,21H,9H2,(H,18,19,20). The Balaban J connectivity index is 0.000000123. The number of carbonyl (C=O) groups excluding carboxylic acids is 1. The first-order chi connectivity index (χ1) is 69.0. The van der Waals surface area contributed by atoms with Crippen LogP contribution in [0.3, 0.4) is 0 Å². The summed E-state index contributed by atoms with van der Waals surface area (Å²) in [5, 5.41) is 67.7. The van der Waals surface area contributed by atoms with Gasteiger partial charge in [0.05, 0.1) is 130 Å². The van der Waals surface area contributed by atoms with Crippen LogP contribution in [0.4, 0.5) is 13.2 Å². The lowest BCUT2D eigenvalue weighted by Gasteiger charge is -2.15. The number of nitrogens with zero attached hydrogens (tertiary/aromatic N) is 12. The van der Waals surface area contributed by atoms with E-state index in [-0.39, 0.29) is 31.7 Å². The number of aliphatic hydroxyl groups excluding tert-OH is 2. The Morgan fingerprint density at radius 1 is 0.430 bits per heavy atom. The minimum absolute atomic E-state index is 0.00919. The zero-order chi connectivity index (χ0) is 99.3. The first kappa shape index (κ1) is 96.7. The monoisotopic (exact) mass is 1950 g/mol. The van der Waals surface area contributed by atoms with Crippen molar-refractivity contribution in [2.45, 2.75) is 25.1 Å². The third kappa shape index (κ3) is 20.8. The lowest BCUT2D eigenvalue weighted by molar-refractivity contribution is -0.137. The molecule has 1 aliphatic rings. The molecular formula is C105H93F3N18O14S2. The number of methoxy groups -OCH3 is 7. The number of sulfone groups is 1. The lowest BCUT2D eigenvalue weighted by Crippen LogP contribution is -2.31. The maximum absolute atomic E-state index is 13.2. The summed E-state index contributed by atoms with van der Waals surface area (Å²) in [6, 6.07) is 62.0. The molecule has 142 heavy (non-hydrogen) atoms. The zero-order valence-corrected chi connectivity index (χ0v) is 79.8. The molecule has 37 heteroatoms. The first-order valence-corrected chi connectivity index (χ1v) is 47.1. The molecule has 0 saturated carbocycles. The number of benzene rings is 8. The van der Waals surface area contributed by atoms with Crippen LogP contribution < -0.4 is 47.9 Å². The van der Waals surface area contributed by atoms with Crippen molar-refractivity contribution in [2.75, 3.05) is 90.0 Å². The summed E-state index contributed by atoms with van der Waals surface area (Å²) in [7, 11) is 11.8. The van der Waals surface area contributed by atoms with E-state index < -0.39 is 21.6 Å². The number of thiophene rings is 1. The molecule has 20 aromatic rings. The molecule has 0 unspecified atom stereocenters. The van der Waals surface area contributed by atoms with Gasteiger partial charge >= 0.3 is 6.18 Å². The van der Waals surface area contributed by atoms with Gasteiger partial charge in [-0.25, -0.2) is 33.3 Å². The van der Waals surface area contributed by atoms with Crippen molar-refractivity contribution in [1.82, 2.24) is 91.1 Å². The van der Waals surface area contributed by atoms with Gasteiger partial charge in [-0.1, -0.05) is 72.8 Å². The Bertz CT molecular complexity index is 8030. The SMILES string of the molecule is COc1cc(-c2[nH]nc3nccc(-c4cccc(C(=O)NCCN(C)C)c4)c23)cc(OC)c1OC.COc1cc(-c2ccnc3n[nH]c(-c4cccc(CS(C)(=O)=O)c4)c23)cc(CO)c1OC.COc1ccc(-c2ccnc3n[nH]c(-c4cccnc4)c23)cc1OC.FC(F)(F)c1cccc(-c2ccnc3n[nH]c(-c4ccc5c(c4)OCO5)c23)c1.OCc1ccccc1-c1[nH]nc2nccc(-c3ccsc3)c12. The van der Waals surface area contributed by atoms with Crippen molar-refractivity contribution >= 4 is 82.2 Å². The van der Waals surface area contributed by atoms with Crippen LogP contribution in [0.5, 0.6) is 51.7 Å². The third-order valence-corrected chi connectivity index (χ3v) is 24.8. The van der Waals surface area contributed by atoms with E-state index in [9.17, 15) is 36.6 Å². The molecule has 0 spiro atoms. The Labute approximate surface area is 814 Å². The number of H-pyrrole nitrogens is 5. The van der Waals surface area contributed by atoms with Crippen molar-refractivity contribution in [3.05, 3.63) is 288 Å². The van der Waals surface area contributed by atoms with Crippen LogP contribution in [0, 0.1) is 0 Å². The molecule has 13 heterocycles. The van der Waals surface area contributed by atoms with E-state index in [4.69, 9.17) is 42.6 Å². The molecule has 0 fully saturated rings. The Hall–Kier alpha value is -17.0. The normalized spacial score (nSPS) is 11.6. The number of alkyl halides is 3. The summed E-state index contributed by atoms with van der Waals surface area (Å²) in [6.45, 7) is 1.27. The summed E-state index contributed by atoms with van der Waals surface area (Å²) in [6.07, 6.45) is 8.77. The molecule has 0 radical (unpaired) electrons. The number of rotatable bonds is 25. The molecule has 1 amide bonds. The van der Waals surface area contributed by atoms with Gasteiger partial charge in [0.2, 0.25) is 12.5 Å². The first-order valence-electron chi connectivity index (χ1n) is 44.1. The predicted molar refractivity (Wildman–Crippen MR) is 538 cm³/mol. The molecule has 0 bridgehead atoms. The van der Waals surface area contributed by atoms with Crippen LogP contribution in [0.25, 0.3) is 167 Å². The molecule has 21 rings (SSSR count). The highest BCUT2D eigenvalue weighted by atomic mass is 32.2. The molecule has 12 aromatic heterocycles. The number of fused-ring (bicyclic) bond motifs is 6. The number of likely N-dealkylation sites (N-methyl/N-ethyl adjacent to an activating group) is 1. The van der Waals surface area contributed by atoms with Crippen molar-refractivity contribution in [3.63, 3.8) is 0 Å². The Morgan fingerprint density at radius 2 is 0.901 bits per heavy atom. The number of aromatic nitrogens is 16. The van der Waals surface area contributed by atoms with Gasteiger partial charge in [-0.05, 0) is 225 Å². The summed E-state index contributed by atoms with van der Waals surface area (Å²) < 4.78 is 112. The fourth-order valence-corrected chi connectivity index (χ4v) is 18.1. The second-order valence-electron chi connectivity index (χ2n) is 32.4. The molecule has 0 saturated heterocycles. The smallest absolute Gasteiger partial charge is 0.416 e. The van der Waals surface area contributed by atoms with Gasteiger partial charge in [-0.2, -0.15) is 50.0 Å². The second-order valence-corrected chi connectivity index (χ2v) is 35.3. The minimum Gasteiger partial charge on any atom is -0.493 e. The number of pyridine rings is 6. The maximum atomic E-state index is 13.2. The molecule has 720 valence electrons. The van der Waals surface area contributed by atoms with Crippen molar-refractivity contribution in [2.24, 2.45) is 0 Å². The molecule has 1 aliphatic heterocycles. The van der Waals surface area contributed by atoms with E-state index in [1.165, 1.54) is 25.6 Å². The van der Waals surface area contributed by atoms with Gasteiger partial charge in [0.1, 0.15) is 0 Å². The predicted octanol–water partition coefficient (Wildman–Crippen LogP) is 19.5.